The molecule has 0 bridgehead atoms. The number of ether oxygens (including phenoxy) is 2. The van der Waals surface area contributed by atoms with Gasteiger partial charge in [-0.2, -0.15) is 5.10 Å². The van der Waals surface area contributed by atoms with Crippen molar-refractivity contribution in [2.45, 2.75) is 19.8 Å². The maximum atomic E-state index is 15.3. The second kappa shape index (κ2) is 11.6. The molecule has 0 aliphatic carbocycles. The number of hydrogen-bond acceptors (Lipinski definition) is 8. The number of Topliss-reactive ketones (excluding diaryl/α,β-unsaturated/α-hetero) is 1. The SMILES string of the molecule is CC(=O)c1c(-c2ccc(NC(=O)Nc3ccc(OC(F)(F)F)cc3)c(F)c2)c2c(N)ncnn2c1CN1CCOCC1. The van der Waals surface area contributed by atoms with Crippen LogP contribution in [0.15, 0.2) is 48.8 Å². The van der Waals surface area contributed by atoms with E-state index in [-0.39, 0.29) is 23.0 Å². The Balaban J connectivity index is 1.42. The Labute approximate surface area is 236 Å². The summed E-state index contributed by atoms with van der Waals surface area (Å²) in [6.45, 7) is 4.19. The molecule has 0 unspecified atom stereocenters. The van der Waals surface area contributed by atoms with Crippen molar-refractivity contribution in [3.05, 3.63) is 65.9 Å². The van der Waals surface area contributed by atoms with Crippen molar-refractivity contribution in [2.24, 2.45) is 0 Å². The number of rotatable bonds is 7. The Bertz CT molecular complexity index is 1630. The van der Waals surface area contributed by atoms with E-state index in [4.69, 9.17) is 10.5 Å². The monoisotopic (exact) mass is 587 g/mol. The van der Waals surface area contributed by atoms with E-state index in [2.05, 4.69) is 30.4 Å². The lowest BCUT2D eigenvalue weighted by Gasteiger charge is -2.26. The van der Waals surface area contributed by atoms with Gasteiger partial charge in [-0.1, -0.05) is 6.07 Å². The van der Waals surface area contributed by atoms with Gasteiger partial charge in [-0.15, -0.1) is 13.2 Å². The Kier molecular flexibility index (Phi) is 7.95. The zero-order valence-corrected chi connectivity index (χ0v) is 22.2. The maximum absolute atomic E-state index is 15.3. The number of carbonyl (C=O) groups is 2. The first kappa shape index (κ1) is 28.8. The molecule has 1 saturated heterocycles. The number of carbonyl (C=O) groups excluding carboxylic acids is 2. The number of alkyl halides is 3. The number of nitrogens with zero attached hydrogens (tertiary/aromatic N) is 4. The molecular weight excluding hydrogens is 562 g/mol. The summed E-state index contributed by atoms with van der Waals surface area (Å²) < 4.78 is 63.1. The summed E-state index contributed by atoms with van der Waals surface area (Å²) in [6, 6.07) is 7.60. The predicted molar refractivity (Wildman–Crippen MR) is 145 cm³/mol. The van der Waals surface area contributed by atoms with Crippen LogP contribution in [-0.4, -0.2) is 64.0 Å². The molecule has 2 aromatic carbocycles. The van der Waals surface area contributed by atoms with Crippen LogP contribution in [-0.2, 0) is 11.3 Å². The minimum Gasteiger partial charge on any atom is -0.406 e. The van der Waals surface area contributed by atoms with E-state index in [0.717, 1.165) is 18.2 Å². The fourth-order valence-corrected chi connectivity index (χ4v) is 4.75. The van der Waals surface area contributed by atoms with E-state index in [1.807, 2.05) is 0 Å². The van der Waals surface area contributed by atoms with Gasteiger partial charge in [0.05, 0.1) is 30.2 Å². The number of morpholine rings is 1. The second-order valence-corrected chi connectivity index (χ2v) is 9.39. The lowest BCUT2D eigenvalue weighted by molar-refractivity contribution is -0.274. The number of benzene rings is 2. The molecule has 2 amide bonds. The molecule has 11 nitrogen and oxygen atoms in total. The minimum atomic E-state index is -4.85. The number of amides is 2. The van der Waals surface area contributed by atoms with Gasteiger partial charge in [0.2, 0.25) is 0 Å². The highest BCUT2D eigenvalue weighted by molar-refractivity contribution is 6.08. The zero-order valence-electron chi connectivity index (χ0n) is 22.2. The number of nitrogen functional groups attached to an aromatic ring is 1. The molecule has 1 aliphatic heterocycles. The summed E-state index contributed by atoms with van der Waals surface area (Å²) >= 11 is 0. The molecule has 0 spiro atoms. The average Bonchev–Trinajstić information content (AvgIpc) is 3.26. The number of nitrogens with one attached hydrogen (secondary N) is 2. The number of urea groups is 1. The van der Waals surface area contributed by atoms with Gasteiger partial charge < -0.3 is 25.8 Å². The van der Waals surface area contributed by atoms with Gasteiger partial charge in [0.1, 0.15) is 23.4 Å². The normalized spacial score (nSPS) is 14.1. The van der Waals surface area contributed by atoms with Crippen LogP contribution < -0.4 is 21.1 Å². The van der Waals surface area contributed by atoms with Crippen molar-refractivity contribution in [2.75, 3.05) is 42.7 Å². The molecule has 0 saturated carbocycles. The summed E-state index contributed by atoms with van der Waals surface area (Å²) in [5, 5.41) is 9.09. The summed E-state index contributed by atoms with van der Waals surface area (Å²) in [5.41, 5.74) is 8.11. The van der Waals surface area contributed by atoms with Crippen LogP contribution in [0.3, 0.4) is 0 Å². The highest BCUT2D eigenvalue weighted by Gasteiger charge is 2.31. The van der Waals surface area contributed by atoms with Crippen LogP contribution in [0.25, 0.3) is 16.6 Å². The van der Waals surface area contributed by atoms with Crippen molar-refractivity contribution >= 4 is 34.5 Å². The largest absolute Gasteiger partial charge is 0.573 e. The van der Waals surface area contributed by atoms with Gasteiger partial charge in [0.25, 0.3) is 0 Å². The van der Waals surface area contributed by atoms with Gasteiger partial charge in [0, 0.05) is 30.9 Å². The zero-order chi connectivity index (χ0) is 30.0. The molecule has 15 heteroatoms. The Morgan fingerprint density at radius 2 is 1.81 bits per heavy atom. The van der Waals surface area contributed by atoms with Gasteiger partial charge in [-0.25, -0.2) is 18.7 Å². The number of hydrogen-bond donors (Lipinski definition) is 3. The van der Waals surface area contributed by atoms with Crippen molar-refractivity contribution < 1.29 is 36.6 Å². The fourth-order valence-electron chi connectivity index (χ4n) is 4.75. The highest BCUT2D eigenvalue weighted by atomic mass is 19.4. The highest BCUT2D eigenvalue weighted by Crippen LogP contribution is 2.37. The smallest absolute Gasteiger partial charge is 0.406 e. The Morgan fingerprint density at radius 3 is 2.45 bits per heavy atom. The first-order chi connectivity index (χ1) is 20.0. The molecule has 220 valence electrons. The number of anilines is 3. The number of aromatic nitrogens is 3. The molecule has 3 heterocycles. The van der Waals surface area contributed by atoms with Gasteiger partial charge in [0.15, 0.2) is 11.6 Å². The van der Waals surface area contributed by atoms with E-state index < -0.39 is 24.0 Å². The topological polar surface area (TPSA) is 136 Å². The summed E-state index contributed by atoms with van der Waals surface area (Å²) in [6.07, 6.45) is -3.57. The molecule has 1 fully saturated rings. The summed E-state index contributed by atoms with van der Waals surface area (Å²) in [4.78, 5) is 31.6. The van der Waals surface area contributed by atoms with Crippen LogP contribution in [0.4, 0.5) is 39.5 Å². The molecule has 4 aromatic rings. The molecule has 0 atom stereocenters. The third-order valence-corrected chi connectivity index (χ3v) is 6.53. The third kappa shape index (κ3) is 6.26. The molecule has 0 radical (unpaired) electrons. The van der Waals surface area contributed by atoms with Gasteiger partial charge in [-0.3, -0.25) is 9.69 Å². The number of halogens is 4. The second-order valence-electron chi connectivity index (χ2n) is 9.39. The molecule has 5 rings (SSSR count). The Hall–Kier alpha value is -4.76. The maximum Gasteiger partial charge on any atom is 0.573 e. The quantitative estimate of drug-likeness (QED) is 0.209. The molecule has 4 N–H and O–H groups in total. The standard InChI is InChI=1S/C27H25F4N7O4/c1-15(39)22-21(13-37-8-10-41-11-9-37)38-24(25(32)33-14-34-38)23(22)16-2-7-20(19(28)12-16)36-26(40)35-17-3-5-18(6-4-17)42-27(29,30)31/h2-7,12,14H,8-11,13H2,1H3,(H2,32,33,34)(H2,35,36,40). The van der Waals surface area contributed by atoms with E-state index in [1.165, 1.54) is 37.5 Å². The van der Waals surface area contributed by atoms with E-state index in [1.54, 1.807) is 4.52 Å². The summed E-state index contributed by atoms with van der Waals surface area (Å²) in [5.74, 6) is -1.44. The van der Waals surface area contributed by atoms with E-state index >= 15 is 4.39 Å². The fraction of sp³-hybridized carbons (Fsp3) is 0.259. The predicted octanol–water partition coefficient (Wildman–Crippen LogP) is 4.70. The van der Waals surface area contributed by atoms with E-state index in [0.29, 0.717) is 60.7 Å². The molecule has 42 heavy (non-hydrogen) atoms. The van der Waals surface area contributed by atoms with Crippen molar-refractivity contribution in [1.82, 2.24) is 19.5 Å². The molecule has 2 aromatic heterocycles. The minimum absolute atomic E-state index is 0.101. The van der Waals surface area contributed by atoms with Gasteiger partial charge >= 0.3 is 12.4 Å². The van der Waals surface area contributed by atoms with Crippen LogP contribution in [0.2, 0.25) is 0 Å². The molecule has 1 aliphatic rings. The molecular formula is C27H25F4N7O4. The van der Waals surface area contributed by atoms with Crippen LogP contribution in [0.1, 0.15) is 23.0 Å². The average molecular weight is 588 g/mol. The number of nitrogens with two attached hydrogens (primary N) is 1. The first-order valence-electron chi connectivity index (χ1n) is 12.7. The van der Waals surface area contributed by atoms with Crippen molar-refractivity contribution in [3.63, 3.8) is 0 Å². The van der Waals surface area contributed by atoms with Crippen molar-refractivity contribution in [1.29, 1.82) is 0 Å². The lowest BCUT2D eigenvalue weighted by atomic mass is 9.98. The lowest BCUT2D eigenvalue weighted by Crippen LogP contribution is -2.36. The third-order valence-electron chi connectivity index (χ3n) is 6.53. The van der Waals surface area contributed by atoms with Crippen LogP contribution in [0.5, 0.6) is 5.75 Å². The van der Waals surface area contributed by atoms with Gasteiger partial charge in [-0.05, 0) is 48.9 Å². The van der Waals surface area contributed by atoms with Crippen LogP contribution in [0, 0.1) is 5.82 Å². The summed E-state index contributed by atoms with van der Waals surface area (Å²) in [7, 11) is 0. The number of ketones is 1. The number of fused-ring (bicyclic) bond motifs is 1. The van der Waals surface area contributed by atoms with E-state index in [9.17, 15) is 22.8 Å². The first-order valence-corrected chi connectivity index (χ1v) is 12.7. The van der Waals surface area contributed by atoms with Crippen molar-refractivity contribution in [3.8, 4) is 16.9 Å². The van der Waals surface area contributed by atoms with Crippen LogP contribution >= 0.6 is 0 Å². The Morgan fingerprint density at radius 1 is 1.10 bits per heavy atom.